The van der Waals surface area contributed by atoms with Crippen molar-refractivity contribution in [3.05, 3.63) is 17.7 Å². The highest BCUT2D eigenvalue weighted by Gasteiger charge is 2.39. The average Bonchev–Trinajstić information content (AvgIpc) is 2.48. The number of hydrogen-bond acceptors (Lipinski definition) is 4. The van der Waals surface area contributed by atoms with Crippen LogP contribution in [-0.4, -0.2) is 34.0 Å². The van der Waals surface area contributed by atoms with Gasteiger partial charge in [-0.1, -0.05) is 22.0 Å². The van der Waals surface area contributed by atoms with Gasteiger partial charge >= 0.3 is 0 Å². The fraction of sp³-hybridized carbons (Fsp3) is 0.625. The Morgan fingerprint density at radius 3 is 2.14 bits per heavy atom. The summed E-state index contributed by atoms with van der Waals surface area (Å²) in [5, 5.41) is 0. The standard InChI is InChI=1S/C16H23BrO4/c1-18-13-7-6-11(14(19-2)15(13)20-3)12(17)10-16(21-4)8-5-9-16/h6-7,12H,5,8-10H2,1-4H3. The van der Waals surface area contributed by atoms with E-state index >= 15 is 0 Å². The molecule has 4 nitrogen and oxygen atoms in total. The van der Waals surface area contributed by atoms with Gasteiger partial charge in [0.05, 0.1) is 26.9 Å². The number of halogens is 1. The molecule has 0 amide bonds. The summed E-state index contributed by atoms with van der Waals surface area (Å²) in [6.07, 6.45) is 4.37. The van der Waals surface area contributed by atoms with Crippen molar-refractivity contribution in [2.45, 2.75) is 36.1 Å². The van der Waals surface area contributed by atoms with E-state index in [1.807, 2.05) is 12.1 Å². The first kappa shape index (κ1) is 16.4. The van der Waals surface area contributed by atoms with Crippen molar-refractivity contribution in [2.24, 2.45) is 0 Å². The quantitative estimate of drug-likeness (QED) is 0.687. The molecule has 118 valence electrons. The second-order valence-electron chi connectivity index (χ2n) is 5.34. The average molecular weight is 359 g/mol. The van der Waals surface area contributed by atoms with Gasteiger partial charge in [-0.15, -0.1) is 0 Å². The zero-order chi connectivity index (χ0) is 15.5. The first-order valence-electron chi connectivity index (χ1n) is 7.09. The number of rotatable bonds is 7. The van der Waals surface area contributed by atoms with Gasteiger partial charge in [0, 0.05) is 17.5 Å². The third-order valence-corrected chi connectivity index (χ3v) is 5.14. The maximum Gasteiger partial charge on any atom is 0.203 e. The molecule has 0 bridgehead atoms. The van der Waals surface area contributed by atoms with Crippen LogP contribution in [0, 0.1) is 0 Å². The van der Waals surface area contributed by atoms with E-state index in [0.717, 1.165) is 24.8 Å². The maximum atomic E-state index is 5.71. The van der Waals surface area contributed by atoms with E-state index in [1.165, 1.54) is 6.42 Å². The molecule has 0 radical (unpaired) electrons. The van der Waals surface area contributed by atoms with Crippen molar-refractivity contribution in [2.75, 3.05) is 28.4 Å². The van der Waals surface area contributed by atoms with Crippen molar-refractivity contribution in [3.8, 4) is 17.2 Å². The zero-order valence-corrected chi connectivity index (χ0v) is 14.7. The molecule has 0 spiro atoms. The van der Waals surface area contributed by atoms with Gasteiger partial charge in [0.15, 0.2) is 11.5 Å². The molecular formula is C16H23BrO4. The summed E-state index contributed by atoms with van der Waals surface area (Å²) < 4.78 is 22.0. The van der Waals surface area contributed by atoms with E-state index in [1.54, 1.807) is 28.4 Å². The fourth-order valence-electron chi connectivity index (χ4n) is 2.87. The van der Waals surface area contributed by atoms with E-state index in [2.05, 4.69) is 15.9 Å². The number of methoxy groups -OCH3 is 4. The number of benzene rings is 1. The molecule has 1 unspecified atom stereocenters. The minimum Gasteiger partial charge on any atom is -0.493 e. The first-order valence-corrected chi connectivity index (χ1v) is 8.00. The summed E-state index contributed by atoms with van der Waals surface area (Å²) >= 11 is 3.78. The minimum atomic E-state index is -0.00760. The van der Waals surface area contributed by atoms with Crippen LogP contribution in [0.2, 0.25) is 0 Å². The largest absolute Gasteiger partial charge is 0.493 e. The van der Waals surface area contributed by atoms with E-state index in [4.69, 9.17) is 18.9 Å². The second kappa shape index (κ2) is 6.88. The maximum absolute atomic E-state index is 5.71. The molecule has 0 saturated heterocycles. The molecule has 21 heavy (non-hydrogen) atoms. The highest BCUT2D eigenvalue weighted by molar-refractivity contribution is 9.09. The summed E-state index contributed by atoms with van der Waals surface area (Å²) in [5.41, 5.74) is 1.05. The van der Waals surface area contributed by atoms with Gasteiger partial charge in [-0.2, -0.15) is 0 Å². The van der Waals surface area contributed by atoms with Crippen molar-refractivity contribution in [1.29, 1.82) is 0 Å². The van der Waals surface area contributed by atoms with E-state index in [9.17, 15) is 0 Å². The smallest absolute Gasteiger partial charge is 0.203 e. The predicted molar refractivity (Wildman–Crippen MR) is 86.0 cm³/mol. The lowest BCUT2D eigenvalue weighted by atomic mass is 9.76. The van der Waals surface area contributed by atoms with Crippen LogP contribution >= 0.6 is 15.9 Å². The molecule has 2 rings (SSSR count). The van der Waals surface area contributed by atoms with E-state index < -0.39 is 0 Å². The van der Waals surface area contributed by atoms with Gasteiger partial charge in [-0.3, -0.25) is 0 Å². The van der Waals surface area contributed by atoms with Gasteiger partial charge in [0.25, 0.3) is 0 Å². The predicted octanol–water partition coefficient (Wildman–Crippen LogP) is 4.11. The lowest BCUT2D eigenvalue weighted by molar-refractivity contribution is -0.0773. The molecule has 0 N–H and O–H groups in total. The fourth-order valence-corrected chi connectivity index (χ4v) is 3.82. The minimum absolute atomic E-state index is 0.00760. The summed E-state index contributed by atoms with van der Waals surface area (Å²) in [7, 11) is 6.69. The molecular weight excluding hydrogens is 336 g/mol. The van der Waals surface area contributed by atoms with E-state index in [0.29, 0.717) is 17.2 Å². The van der Waals surface area contributed by atoms with Gasteiger partial charge in [0.2, 0.25) is 5.75 Å². The molecule has 1 atom stereocenters. The highest BCUT2D eigenvalue weighted by atomic mass is 79.9. The van der Waals surface area contributed by atoms with Crippen molar-refractivity contribution in [3.63, 3.8) is 0 Å². The summed E-state index contributed by atoms with van der Waals surface area (Å²) in [4.78, 5) is 0.146. The number of ether oxygens (including phenoxy) is 4. The van der Waals surface area contributed by atoms with Crippen LogP contribution in [0.4, 0.5) is 0 Å². The lowest BCUT2D eigenvalue weighted by Crippen LogP contribution is -2.39. The SMILES string of the molecule is COc1ccc(C(Br)CC2(OC)CCC2)c(OC)c1OC. The third kappa shape index (κ3) is 3.14. The Labute approximate surface area is 134 Å². The molecule has 0 heterocycles. The Balaban J connectivity index is 2.30. The highest BCUT2D eigenvalue weighted by Crippen LogP contribution is 2.49. The van der Waals surface area contributed by atoms with Crippen LogP contribution in [0.5, 0.6) is 17.2 Å². The van der Waals surface area contributed by atoms with Gasteiger partial charge in [0.1, 0.15) is 0 Å². The van der Waals surface area contributed by atoms with Gasteiger partial charge in [-0.05, 0) is 31.7 Å². The second-order valence-corrected chi connectivity index (χ2v) is 6.44. The lowest BCUT2D eigenvalue weighted by Gasteiger charge is -2.42. The zero-order valence-electron chi connectivity index (χ0n) is 13.1. The molecule has 1 fully saturated rings. The Bertz CT molecular complexity index is 480. The summed E-state index contributed by atoms with van der Waals surface area (Å²) in [6.45, 7) is 0. The van der Waals surface area contributed by atoms with E-state index in [-0.39, 0.29) is 10.4 Å². The summed E-state index contributed by atoms with van der Waals surface area (Å²) in [6, 6.07) is 3.92. The van der Waals surface area contributed by atoms with Crippen LogP contribution in [0.3, 0.4) is 0 Å². The van der Waals surface area contributed by atoms with Crippen LogP contribution < -0.4 is 14.2 Å². The molecule has 1 aromatic carbocycles. The molecule has 1 aliphatic carbocycles. The molecule has 1 aliphatic rings. The molecule has 1 aromatic rings. The number of hydrogen-bond donors (Lipinski definition) is 0. The topological polar surface area (TPSA) is 36.9 Å². The normalized spacial score (nSPS) is 17.8. The third-order valence-electron chi connectivity index (χ3n) is 4.32. The summed E-state index contributed by atoms with van der Waals surface area (Å²) in [5.74, 6) is 2.01. The Kier molecular flexibility index (Phi) is 5.38. The van der Waals surface area contributed by atoms with Crippen LogP contribution in [0.25, 0.3) is 0 Å². The van der Waals surface area contributed by atoms with Crippen LogP contribution in [-0.2, 0) is 4.74 Å². The Morgan fingerprint density at radius 2 is 1.71 bits per heavy atom. The Morgan fingerprint density at radius 1 is 1.05 bits per heavy atom. The monoisotopic (exact) mass is 358 g/mol. The van der Waals surface area contributed by atoms with Crippen LogP contribution in [0.1, 0.15) is 36.1 Å². The molecule has 0 aromatic heterocycles. The first-order chi connectivity index (χ1) is 10.1. The molecule has 0 aliphatic heterocycles. The van der Waals surface area contributed by atoms with Crippen molar-refractivity contribution < 1.29 is 18.9 Å². The van der Waals surface area contributed by atoms with Gasteiger partial charge in [-0.25, -0.2) is 0 Å². The Hall–Kier alpha value is -0.940. The molecule has 5 heteroatoms. The molecule has 1 saturated carbocycles. The van der Waals surface area contributed by atoms with Gasteiger partial charge < -0.3 is 18.9 Å². The van der Waals surface area contributed by atoms with Crippen molar-refractivity contribution >= 4 is 15.9 Å². The van der Waals surface area contributed by atoms with Crippen LogP contribution in [0.15, 0.2) is 12.1 Å². The number of alkyl halides is 1. The van der Waals surface area contributed by atoms with Crippen molar-refractivity contribution in [1.82, 2.24) is 0 Å².